The van der Waals surface area contributed by atoms with Crippen LogP contribution >= 0.6 is 23.2 Å². The van der Waals surface area contributed by atoms with Crippen LogP contribution in [0, 0.1) is 0 Å². The van der Waals surface area contributed by atoms with Crippen molar-refractivity contribution in [2.75, 3.05) is 11.9 Å². The number of carboxylic acid groups (broad SMARTS) is 1. The van der Waals surface area contributed by atoms with Crippen molar-refractivity contribution < 1.29 is 19.5 Å². The summed E-state index contributed by atoms with van der Waals surface area (Å²) in [6.45, 7) is 0.0278. The first-order valence-corrected chi connectivity index (χ1v) is 11.5. The summed E-state index contributed by atoms with van der Waals surface area (Å²) < 4.78 is 1.61. The number of nitrogens with zero attached hydrogens (tertiary/aromatic N) is 3. The normalized spacial score (nSPS) is 10.6. The van der Waals surface area contributed by atoms with Crippen LogP contribution < -0.4 is 10.2 Å². The predicted molar refractivity (Wildman–Crippen MR) is 138 cm³/mol. The van der Waals surface area contributed by atoms with Gasteiger partial charge in [-0.25, -0.2) is 14.6 Å². The third kappa shape index (κ3) is 4.95. The Morgan fingerprint density at radius 2 is 1.69 bits per heavy atom. The fourth-order valence-corrected chi connectivity index (χ4v) is 4.06. The van der Waals surface area contributed by atoms with Crippen LogP contribution in [0.25, 0.3) is 17.1 Å². The molecule has 0 atom stereocenters. The smallest absolute Gasteiger partial charge is 0.335 e. The molecule has 0 aliphatic carbocycles. The van der Waals surface area contributed by atoms with Gasteiger partial charge in [-0.05, 0) is 54.1 Å². The molecule has 2 amide bonds. The number of amides is 2. The lowest BCUT2D eigenvalue weighted by molar-refractivity contribution is 0.0696. The number of halogens is 2. The fourth-order valence-electron chi connectivity index (χ4n) is 3.71. The summed E-state index contributed by atoms with van der Waals surface area (Å²) in [5.74, 6) is -0.592. The SMILES string of the molecule is CNC(=O)N(Cc1ccc(C(=O)O)cc1)c1nc(-c2ccccc2Cl)n(-c2ccc(Cl)cc2)c1C=O. The number of hydrogen-bond donors (Lipinski definition) is 2. The number of anilines is 1. The molecule has 1 heterocycles. The molecule has 1 aromatic heterocycles. The highest BCUT2D eigenvalue weighted by Crippen LogP contribution is 2.35. The number of aromatic carboxylic acids is 1. The summed E-state index contributed by atoms with van der Waals surface area (Å²) in [5.41, 5.74) is 2.04. The van der Waals surface area contributed by atoms with Gasteiger partial charge in [-0.15, -0.1) is 0 Å². The lowest BCUT2D eigenvalue weighted by atomic mass is 10.1. The van der Waals surface area contributed by atoms with Gasteiger partial charge < -0.3 is 10.4 Å². The zero-order chi connectivity index (χ0) is 25.8. The van der Waals surface area contributed by atoms with E-state index >= 15 is 0 Å². The topological polar surface area (TPSA) is 105 Å². The lowest BCUT2D eigenvalue weighted by Gasteiger charge is -2.21. The van der Waals surface area contributed by atoms with Crippen molar-refractivity contribution in [2.45, 2.75) is 6.54 Å². The summed E-state index contributed by atoms with van der Waals surface area (Å²) in [6, 6.07) is 19.5. The van der Waals surface area contributed by atoms with Crippen molar-refractivity contribution in [1.29, 1.82) is 0 Å². The van der Waals surface area contributed by atoms with E-state index in [2.05, 4.69) is 5.32 Å². The maximum absolute atomic E-state index is 13.0. The summed E-state index contributed by atoms with van der Waals surface area (Å²) in [6.07, 6.45) is 0.626. The first-order chi connectivity index (χ1) is 17.3. The van der Waals surface area contributed by atoms with Crippen LogP contribution in [0.3, 0.4) is 0 Å². The Labute approximate surface area is 216 Å². The Morgan fingerprint density at radius 3 is 2.28 bits per heavy atom. The molecule has 0 radical (unpaired) electrons. The summed E-state index contributed by atoms with van der Waals surface area (Å²) in [7, 11) is 1.47. The Hall–Kier alpha value is -4.14. The standard InChI is InChI=1S/C26H20Cl2N4O4/c1-29-26(36)31(14-16-6-8-17(9-7-16)25(34)35)24-22(15-33)32(19-12-10-18(27)11-13-19)23(30-24)20-4-2-3-5-21(20)28/h2-13,15H,14H2,1H3,(H,29,36)(H,34,35). The van der Waals surface area contributed by atoms with Crippen molar-refractivity contribution >= 4 is 47.3 Å². The number of aromatic nitrogens is 2. The van der Waals surface area contributed by atoms with Gasteiger partial charge in [0.05, 0.1) is 17.1 Å². The van der Waals surface area contributed by atoms with Crippen LogP contribution in [0.4, 0.5) is 10.6 Å². The van der Waals surface area contributed by atoms with E-state index in [0.29, 0.717) is 39.0 Å². The van der Waals surface area contributed by atoms with E-state index in [4.69, 9.17) is 28.2 Å². The third-order valence-corrected chi connectivity index (χ3v) is 6.04. The molecule has 36 heavy (non-hydrogen) atoms. The number of carbonyl (C=O) groups is 3. The summed E-state index contributed by atoms with van der Waals surface area (Å²) in [4.78, 5) is 42.7. The second-order valence-corrected chi connectivity index (χ2v) is 8.54. The van der Waals surface area contributed by atoms with E-state index in [1.54, 1.807) is 65.2 Å². The van der Waals surface area contributed by atoms with Gasteiger partial charge in [0.15, 0.2) is 12.1 Å². The monoisotopic (exact) mass is 522 g/mol. The first kappa shape index (κ1) is 25.0. The van der Waals surface area contributed by atoms with E-state index < -0.39 is 12.0 Å². The minimum Gasteiger partial charge on any atom is -0.478 e. The summed E-state index contributed by atoms with van der Waals surface area (Å²) >= 11 is 12.6. The molecular weight excluding hydrogens is 503 g/mol. The van der Waals surface area contributed by atoms with Crippen LogP contribution in [-0.4, -0.2) is 40.0 Å². The molecule has 0 saturated heterocycles. The molecule has 0 bridgehead atoms. The average Bonchev–Trinajstić information content (AvgIpc) is 3.26. The van der Waals surface area contributed by atoms with E-state index in [9.17, 15) is 19.5 Å². The molecule has 3 aromatic carbocycles. The number of hydrogen-bond acceptors (Lipinski definition) is 4. The van der Waals surface area contributed by atoms with Gasteiger partial charge in [0.25, 0.3) is 0 Å². The van der Waals surface area contributed by atoms with E-state index in [0.717, 1.165) is 0 Å². The van der Waals surface area contributed by atoms with Crippen molar-refractivity contribution in [3.05, 3.63) is 99.7 Å². The van der Waals surface area contributed by atoms with Crippen LogP contribution in [0.2, 0.25) is 10.0 Å². The highest BCUT2D eigenvalue weighted by Gasteiger charge is 2.28. The maximum atomic E-state index is 13.0. The molecule has 0 fully saturated rings. The van der Waals surface area contributed by atoms with Gasteiger partial charge in [0.1, 0.15) is 11.5 Å². The van der Waals surface area contributed by atoms with Crippen LogP contribution in [-0.2, 0) is 6.54 Å². The molecule has 4 aromatic rings. The molecule has 2 N–H and O–H groups in total. The minimum atomic E-state index is -1.06. The largest absolute Gasteiger partial charge is 0.478 e. The molecule has 8 nitrogen and oxygen atoms in total. The van der Waals surface area contributed by atoms with Gasteiger partial charge in [0.2, 0.25) is 0 Å². The zero-order valence-corrected chi connectivity index (χ0v) is 20.5. The Bertz CT molecular complexity index is 1430. The van der Waals surface area contributed by atoms with E-state index in [1.165, 1.54) is 24.1 Å². The molecule has 4 rings (SSSR count). The Morgan fingerprint density at radius 1 is 1.03 bits per heavy atom. The second kappa shape index (κ2) is 10.6. The van der Waals surface area contributed by atoms with Crippen molar-refractivity contribution in [3.63, 3.8) is 0 Å². The minimum absolute atomic E-state index is 0.0278. The molecular formula is C26H20Cl2N4O4. The number of rotatable bonds is 7. The van der Waals surface area contributed by atoms with Crippen molar-refractivity contribution in [3.8, 4) is 17.1 Å². The van der Waals surface area contributed by atoms with Gasteiger partial charge in [-0.3, -0.25) is 14.3 Å². The predicted octanol–water partition coefficient (Wildman–Crippen LogP) is 5.70. The average molecular weight is 523 g/mol. The second-order valence-electron chi connectivity index (χ2n) is 7.70. The van der Waals surface area contributed by atoms with Gasteiger partial charge in [-0.1, -0.05) is 47.5 Å². The van der Waals surface area contributed by atoms with Crippen LogP contribution in [0.5, 0.6) is 0 Å². The summed E-state index contributed by atoms with van der Waals surface area (Å²) in [5, 5.41) is 12.7. The van der Waals surface area contributed by atoms with E-state index in [1.807, 2.05) is 0 Å². The molecule has 0 saturated carbocycles. The molecule has 10 heteroatoms. The Kier molecular flexibility index (Phi) is 7.38. The van der Waals surface area contributed by atoms with E-state index in [-0.39, 0.29) is 23.6 Å². The number of nitrogens with one attached hydrogen (secondary N) is 1. The van der Waals surface area contributed by atoms with Crippen molar-refractivity contribution in [2.24, 2.45) is 0 Å². The number of benzene rings is 3. The molecule has 0 aliphatic heterocycles. The quantitative estimate of drug-likeness (QED) is 0.303. The molecule has 0 spiro atoms. The molecule has 0 unspecified atom stereocenters. The maximum Gasteiger partial charge on any atom is 0.335 e. The fraction of sp³-hybridized carbons (Fsp3) is 0.0769. The Balaban J connectivity index is 1.91. The van der Waals surface area contributed by atoms with Gasteiger partial charge in [-0.2, -0.15) is 0 Å². The van der Waals surface area contributed by atoms with Gasteiger partial charge >= 0.3 is 12.0 Å². The number of urea groups is 1. The molecule has 0 aliphatic rings. The highest BCUT2D eigenvalue weighted by atomic mass is 35.5. The van der Waals surface area contributed by atoms with Crippen molar-refractivity contribution in [1.82, 2.24) is 14.9 Å². The molecule has 182 valence electrons. The number of aldehydes is 1. The van der Waals surface area contributed by atoms with Crippen LogP contribution in [0.15, 0.2) is 72.8 Å². The van der Waals surface area contributed by atoms with Crippen LogP contribution in [0.1, 0.15) is 26.4 Å². The zero-order valence-electron chi connectivity index (χ0n) is 19.0. The third-order valence-electron chi connectivity index (χ3n) is 5.46. The lowest BCUT2D eigenvalue weighted by Crippen LogP contribution is -2.38. The number of carboxylic acids is 1. The number of carbonyl (C=O) groups excluding carboxylic acids is 2. The number of imidazole rings is 1. The highest BCUT2D eigenvalue weighted by molar-refractivity contribution is 6.33. The van der Waals surface area contributed by atoms with Gasteiger partial charge in [0, 0.05) is 23.3 Å². The first-order valence-electron chi connectivity index (χ1n) is 10.7.